The highest BCUT2D eigenvalue weighted by atomic mass is 79.9. The van der Waals surface area contributed by atoms with E-state index in [0.29, 0.717) is 28.6 Å². The molecule has 2 N–H and O–H groups in total. The molecule has 80 valence electrons. The molecule has 5 heteroatoms. The summed E-state index contributed by atoms with van der Waals surface area (Å²) in [6, 6.07) is 4.90. The van der Waals surface area contributed by atoms with E-state index in [4.69, 9.17) is 5.73 Å². The number of nitro benzene ring substituents is 1. The molecule has 0 heterocycles. The average molecular weight is 271 g/mol. The van der Waals surface area contributed by atoms with Gasteiger partial charge in [-0.25, -0.2) is 0 Å². The van der Waals surface area contributed by atoms with E-state index in [9.17, 15) is 10.1 Å². The van der Waals surface area contributed by atoms with Gasteiger partial charge in [-0.2, -0.15) is 0 Å². The van der Waals surface area contributed by atoms with Crippen molar-refractivity contribution in [2.24, 2.45) is 5.73 Å². The van der Waals surface area contributed by atoms with E-state index >= 15 is 0 Å². The van der Waals surface area contributed by atoms with E-state index in [1.807, 2.05) is 0 Å². The lowest BCUT2D eigenvalue weighted by Gasteiger charge is -2.05. The van der Waals surface area contributed by atoms with Crippen molar-refractivity contribution < 1.29 is 4.92 Å². The zero-order valence-electron chi connectivity index (χ0n) is 8.07. The fourth-order valence-electron chi connectivity index (χ4n) is 1.26. The van der Waals surface area contributed by atoms with Crippen LogP contribution in [0.15, 0.2) is 29.3 Å². The fourth-order valence-corrected chi connectivity index (χ4v) is 1.61. The number of halogens is 1. The van der Waals surface area contributed by atoms with Crippen molar-refractivity contribution in [2.45, 2.75) is 6.42 Å². The molecule has 15 heavy (non-hydrogen) atoms. The predicted molar refractivity (Wildman–Crippen MR) is 63.5 cm³/mol. The Morgan fingerprint density at radius 3 is 2.80 bits per heavy atom. The third-order valence-corrected chi connectivity index (χ3v) is 2.48. The van der Waals surface area contributed by atoms with Crippen LogP contribution in [-0.4, -0.2) is 11.5 Å². The molecule has 0 amide bonds. The van der Waals surface area contributed by atoms with Gasteiger partial charge in [0.05, 0.1) is 10.5 Å². The smallest absolute Gasteiger partial charge is 0.277 e. The number of nitrogens with two attached hydrogens (primary N) is 1. The minimum Gasteiger partial charge on any atom is -0.330 e. The molecule has 4 nitrogen and oxygen atoms in total. The van der Waals surface area contributed by atoms with Gasteiger partial charge >= 0.3 is 0 Å². The number of hydrogen-bond acceptors (Lipinski definition) is 3. The van der Waals surface area contributed by atoms with Gasteiger partial charge < -0.3 is 5.73 Å². The predicted octanol–water partition coefficient (Wildman–Crippen LogP) is 2.72. The maximum atomic E-state index is 10.8. The normalized spacial score (nSPS) is 10.0. The Labute approximate surface area is 96.1 Å². The zero-order chi connectivity index (χ0) is 11.4. The zero-order valence-corrected chi connectivity index (χ0v) is 9.66. The van der Waals surface area contributed by atoms with Crippen molar-refractivity contribution in [3.05, 3.63) is 44.9 Å². The lowest BCUT2D eigenvalue weighted by molar-refractivity contribution is -0.385. The molecular weight excluding hydrogens is 260 g/mol. The maximum absolute atomic E-state index is 10.8. The van der Waals surface area contributed by atoms with E-state index in [2.05, 4.69) is 22.5 Å². The van der Waals surface area contributed by atoms with E-state index in [-0.39, 0.29) is 5.69 Å². The molecule has 0 aliphatic carbocycles. The molecule has 0 bridgehead atoms. The Kier molecular flexibility index (Phi) is 3.99. The van der Waals surface area contributed by atoms with Crippen molar-refractivity contribution in [3.8, 4) is 0 Å². The minimum absolute atomic E-state index is 0.0582. The Balaban J connectivity index is 3.17. The van der Waals surface area contributed by atoms with Crippen molar-refractivity contribution >= 4 is 27.2 Å². The number of nitro groups is 1. The van der Waals surface area contributed by atoms with Gasteiger partial charge in [-0.1, -0.05) is 22.5 Å². The molecular formula is C10H11BrN2O2. The molecule has 1 rings (SSSR count). The van der Waals surface area contributed by atoms with Crippen LogP contribution in [0.4, 0.5) is 5.69 Å². The van der Waals surface area contributed by atoms with Gasteiger partial charge in [-0.15, -0.1) is 0 Å². The molecule has 0 unspecified atom stereocenters. The highest BCUT2D eigenvalue weighted by molar-refractivity contribution is 9.10. The van der Waals surface area contributed by atoms with Crippen LogP contribution in [-0.2, 0) is 0 Å². The van der Waals surface area contributed by atoms with Crippen LogP contribution >= 0.6 is 15.9 Å². The van der Waals surface area contributed by atoms with E-state index in [1.54, 1.807) is 12.1 Å². The minimum atomic E-state index is -0.415. The molecule has 0 aliphatic rings. The third-order valence-electron chi connectivity index (χ3n) is 1.98. The van der Waals surface area contributed by atoms with E-state index in [0.717, 1.165) is 0 Å². The first-order valence-corrected chi connectivity index (χ1v) is 5.17. The summed E-state index contributed by atoms with van der Waals surface area (Å²) in [6.07, 6.45) is 0.558. The summed E-state index contributed by atoms with van der Waals surface area (Å²) >= 11 is 3.19. The number of benzene rings is 1. The largest absolute Gasteiger partial charge is 0.330 e. The van der Waals surface area contributed by atoms with Crippen LogP contribution < -0.4 is 5.73 Å². The highest BCUT2D eigenvalue weighted by Gasteiger charge is 2.15. The van der Waals surface area contributed by atoms with Crippen LogP contribution in [0.2, 0.25) is 0 Å². The molecule has 1 aromatic rings. The molecule has 0 aromatic heterocycles. The summed E-state index contributed by atoms with van der Waals surface area (Å²) in [4.78, 5) is 10.4. The molecule has 0 saturated heterocycles. The third kappa shape index (κ3) is 2.87. The maximum Gasteiger partial charge on any atom is 0.277 e. The summed E-state index contributed by atoms with van der Waals surface area (Å²) in [5, 5.41) is 10.8. The number of hydrogen-bond donors (Lipinski definition) is 1. The monoisotopic (exact) mass is 270 g/mol. The van der Waals surface area contributed by atoms with Gasteiger partial charge in [0.1, 0.15) is 0 Å². The second-order valence-corrected chi connectivity index (χ2v) is 3.98. The fraction of sp³-hybridized carbons (Fsp3) is 0.200. The van der Waals surface area contributed by atoms with E-state index in [1.165, 1.54) is 6.07 Å². The van der Waals surface area contributed by atoms with Crippen molar-refractivity contribution in [1.29, 1.82) is 0 Å². The molecule has 0 aliphatic heterocycles. The van der Waals surface area contributed by atoms with Gasteiger partial charge in [0.25, 0.3) is 5.69 Å². The van der Waals surface area contributed by atoms with Crippen LogP contribution in [0.1, 0.15) is 12.0 Å². The topological polar surface area (TPSA) is 69.2 Å². The molecule has 0 radical (unpaired) electrons. The SMILES string of the molecule is C=C(CCN)c1ccc(Br)cc1[N+](=O)[O-]. The lowest BCUT2D eigenvalue weighted by Crippen LogP contribution is -2.01. The average Bonchev–Trinajstić information content (AvgIpc) is 2.17. The molecule has 0 spiro atoms. The van der Waals surface area contributed by atoms with Crippen LogP contribution in [0, 0.1) is 10.1 Å². The molecule has 1 aromatic carbocycles. The summed E-state index contributed by atoms with van der Waals surface area (Å²) < 4.78 is 0.679. The Hall–Kier alpha value is -1.20. The summed E-state index contributed by atoms with van der Waals surface area (Å²) in [5.74, 6) is 0. The van der Waals surface area contributed by atoms with Gasteiger partial charge in [-0.3, -0.25) is 10.1 Å². The van der Waals surface area contributed by atoms with Gasteiger partial charge in [0.2, 0.25) is 0 Å². The lowest BCUT2D eigenvalue weighted by atomic mass is 10.0. The Morgan fingerprint density at radius 1 is 1.60 bits per heavy atom. The molecule has 0 fully saturated rings. The van der Waals surface area contributed by atoms with Crippen molar-refractivity contribution in [1.82, 2.24) is 0 Å². The van der Waals surface area contributed by atoms with E-state index < -0.39 is 4.92 Å². The second-order valence-electron chi connectivity index (χ2n) is 3.06. The first kappa shape index (κ1) is 11.9. The Bertz CT molecular complexity index is 404. The first-order chi connectivity index (χ1) is 7.06. The van der Waals surface area contributed by atoms with Crippen molar-refractivity contribution in [3.63, 3.8) is 0 Å². The van der Waals surface area contributed by atoms with Crippen LogP contribution in [0.5, 0.6) is 0 Å². The van der Waals surface area contributed by atoms with Gasteiger partial charge in [-0.05, 0) is 30.7 Å². The van der Waals surface area contributed by atoms with Gasteiger partial charge in [0, 0.05) is 10.5 Å². The summed E-state index contributed by atoms with van der Waals surface area (Å²) in [5.41, 5.74) is 6.68. The van der Waals surface area contributed by atoms with Crippen LogP contribution in [0.3, 0.4) is 0 Å². The van der Waals surface area contributed by atoms with Crippen molar-refractivity contribution in [2.75, 3.05) is 6.54 Å². The quantitative estimate of drug-likeness (QED) is 0.676. The van der Waals surface area contributed by atoms with Gasteiger partial charge in [0.15, 0.2) is 0 Å². The Morgan fingerprint density at radius 2 is 2.27 bits per heavy atom. The standard InChI is InChI=1S/C10H11BrN2O2/c1-7(4-5-12)9-3-2-8(11)6-10(9)13(14)15/h2-3,6H,1,4-5,12H2. The highest BCUT2D eigenvalue weighted by Crippen LogP contribution is 2.29. The molecule has 0 atom stereocenters. The number of rotatable bonds is 4. The first-order valence-electron chi connectivity index (χ1n) is 4.38. The summed E-state index contributed by atoms with van der Waals surface area (Å²) in [7, 11) is 0. The number of nitrogens with zero attached hydrogens (tertiary/aromatic N) is 1. The summed E-state index contributed by atoms with van der Waals surface area (Å²) in [6.45, 7) is 4.22. The second kappa shape index (κ2) is 5.04. The van der Waals surface area contributed by atoms with Crippen LogP contribution in [0.25, 0.3) is 5.57 Å². The molecule has 0 saturated carbocycles.